The molecule has 0 spiro atoms. The smallest absolute Gasteiger partial charge is 0.186 e. The van der Waals surface area contributed by atoms with Crippen LogP contribution in [0.3, 0.4) is 0 Å². The third kappa shape index (κ3) is 2.30. The van der Waals surface area contributed by atoms with E-state index in [2.05, 4.69) is 0 Å². The molecule has 0 bridgehead atoms. The molecule has 0 aliphatic carbocycles. The Morgan fingerprint density at radius 2 is 2.00 bits per heavy atom. The molecule has 90 valence electrons. The summed E-state index contributed by atoms with van der Waals surface area (Å²) in [5, 5.41) is 8.66. The van der Waals surface area contributed by atoms with Gasteiger partial charge in [0.15, 0.2) is 5.43 Å². The number of benzene rings is 1. The van der Waals surface area contributed by atoms with E-state index in [0.717, 1.165) is 11.4 Å². The van der Waals surface area contributed by atoms with Gasteiger partial charge in [0, 0.05) is 29.2 Å². The van der Waals surface area contributed by atoms with Gasteiger partial charge in [0.05, 0.1) is 12.5 Å². The fourth-order valence-corrected chi connectivity index (χ4v) is 1.77. The zero-order valence-electron chi connectivity index (χ0n) is 9.85. The van der Waals surface area contributed by atoms with Gasteiger partial charge in [-0.05, 0) is 31.2 Å². The summed E-state index contributed by atoms with van der Waals surface area (Å²) >= 11 is 0. The van der Waals surface area contributed by atoms with Crippen LogP contribution in [0.4, 0.5) is 4.39 Å². The lowest BCUT2D eigenvalue weighted by Crippen LogP contribution is -2.13. The lowest BCUT2D eigenvalue weighted by atomic mass is 10.2. The summed E-state index contributed by atoms with van der Waals surface area (Å²) in [5.41, 5.74) is 1.79. The van der Waals surface area contributed by atoms with Crippen molar-refractivity contribution >= 4 is 0 Å². The molecule has 4 heteroatoms. The SMILES string of the molecule is Cc1cc(=O)c(CC#N)cn1-c1ccc(F)cc1. The number of aromatic nitrogens is 1. The number of halogens is 1. The van der Waals surface area contributed by atoms with Crippen molar-refractivity contribution in [3.05, 3.63) is 63.8 Å². The van der Waals surface area contributed by atoms with E-state index in [1.165, 1.54) is 18.2 Å². The second kappa shape index (κ2) is 4.84. The first-order chi connectivity index (χ1) is 8.61. The standard InChI is InChI=1S/C14H11FN2O/c1-10-8-14(18)11(6-7-16)9-17(10)13-4-2-12(15)3-5-13/h2-5,8-9H,6H2,1H3. The summed E-state index contributed by atoms with van der Waals surface area (Å²) in [4.78, 5) is 11.6. The van der Waals surface area contributed by atoms with Gasteiger partial charge in [-0.3, -0.25) is 4.79 Å². The predicted molar refractivity (Wildman–Crippen MR) is 66.1 cm³/mol. The molecular formula is C14H11FN2O. The summed E-state index contributed by atoms with van der Waals surface area (Å²) < 4.78 is 14.6. The van der Waals surface area contributed by atoms with Gasteiger partial charge in [-0.1, -0.05) is 0 Å². The third-order valence-electron chi connectivity index (χ3n) is 2.70. The number of aryl methyl sites for hydroxylation is 1. The molecule has 0 fully saturated rings. The number of pyridine rings is 1. The summed E-state index contributed by atoms with van der Waals surface area (Å²) in [6.07, 6.45) is 1.70. The van der Waals surface area contributed by atoms with E-state index in [1.54, 1.807) is 29.8 Å². The van der Waals surface area contributed by atoms with Crippen molar-refractivity contribution in [1.29, 1.82) is 5.26 Å². The topological polar surface area (TPSA) is 45.8 Å². The molecular weight excluding hydrogens is 231 g/mol. The Labute approximate surface area is 104 Å². The molecule has 2 rings (SSSR count). The van der Waals surface area contributed by atoms with Crippen molar-refractivity contribution in [1.82, 2.24) is 4.57 Å². The van der Waals surface area contributed by atoms with Crippen molar-refractivity contribution in [3.63, 3.8) is 0 Å². The third-order valence-corrected chi connectivity index (χ3v) is 2.70. The molecule has 0 aliphatic rings. The molecule has 0 atom stereocenters. The summed E-state index contributed by atoms with van der Waals surface area (Å²) in [7, 11) is 0. The molecule has 3 nitrogen and oxygen atoms in total. The number of hydrogen-bond acceptors (Lipinski definition) is 2. The van der Waals surface area contributed by atoms with E-state index in [-0.39, 0.29) is 17.7 Å². The fraction of sp³-hybridized carbons (Fsp3) is 0.143. The van der Waals surface area contributed by atoms with Crippen LogP contribution in [0.2, 0.25) is 0 Å². The lowest BCUT2D eigenvalue weighted by molar-refractivity contribution is 0.627. The summed E-state index contributed by atoms with van der Waals surface area (Å²) in [5.74, 6) is -0.310. The molecule has 0 N–H and O–H groups in total. The maximum Gasteiger partial charge on any atom is 0.186 e. The molecule has 2 aromatic rings. The minimum Gasteiger partial charge on any atom is -0.321 e. The second-order valence-corrected chi connectivity index (χ2v) is 3.99. The largest absolute Gasteiger partial charge is 0.321 e. The molecule has 0 saturated heterocycles. The monoisotopic (exact) mass is 242 g/mol. The predicted octanol–water partition coefficient (Wildman–Crippen LogP) is 2.35. The first-order valence-electron chi connectivity index (χ1n) is 5.47. The van der Waals surface area contributed by atoms with Gasteiger partial charge in [0.2, 0.25) is 0 Å². The van der Waals surface area contributed by atoms with Crippen LogP contribution < -0.4 is 5.43 Å². The van der Waals surface area contributed by atoms with Gasteiger partial charge in [-0.25, -0.2) is 4.39 Å². The van der Waals surface area contributed by atoms with E-state index in [9.17, 15) is 9.18 Å². The van der Waals surface area contributed by atoms with E-state index in [4.69, 9.17) is 5.26 Å². The normalized spacial score (nSPS) is 10.1. The number of nitriles is 1. The Hall–Kier alpha value is -2.41. The van der Waals surface area contributed by atoms with Crippen LogP contribution in [0, 0.1) is 24.1 Å². The van der Waals surface area contributed by atoms with Gasteiger partial charge in [0.1, 0.15) is 5.82 Å². The first-order valence-corrected chi connectivity index (χ1v) is 5.47. The van der Waals surface area contributed by atoms with Crippen molar-refractivity contribution in [2.75, 3.05) is 0 Å². The number of hydrogen-bond donors (Lipinski definition) is 0. The average Bonchev–Trinajstić information content (AvgIpc) is 2.34. The van der Waals surface area contributed by atoms with Crippen molar-refractivity contribution in [3.8, 4) is 11.8 Å². The highest BCUT2D eigenvalue weighted by Gasteiger charge is 2.05. The molecule has 0 aliphatic heterocycles. The highest BCUT2D eigenvalue weighted by atomic mass is 19.1. The molecule has 0 radical (unpaired) electrons. The molecule has 1 aromatic carbocycles. The summed E-state index contributed by atoms with van der Waals surface area (Å²) in [6.45, 7) is 1.79. The molecule has 0 saturated carbocycles. The van der Waals surface area contributed by atoms with Gasteiger partial charge in [0.25, 0.3) is 0 Å². The quantitative estimate of drug-likeness (QED) is 0.811. The second-order valence-electron chi connectivity index (χ2n) is 3.99. The zero-order chi connectivity index (χ0) is 13.1. The van der Waals surface area contributed by atoms with Crippen LogP contribution in [0.5, 0.6) is 0 Å². The Balaban J connectivity index is 2.57. The van der Waals surface area contributed by atoms with Gasteiger partial charge >= 0.3 is 0 Å². The van der Waals surface area contributed by atoms with Gasteiger partial charge in [-0.15, -0.1) is 0 Å². The number of rotatable bonds is 2. The Morgan fingerprint density at radius 1 is 1.33 bits per heavy atom. The van der Waals surface area contributed by atoms with Crippen LogP contribution in [0.25, 0.3) is 5.69 Å². The minimum absolute atomic E-state index is 0.0698. The van der Waals surface area contributed by atoms with Crippen LogP contribution in [-0.4, -0.2) is 4.57 Å². The van der Waals surface area contributed by atoms with Crippen molar-refractivity contribution in [2.24, 2.45) is 0 Å². The molecule has 1 aromatic heterocycles. The molecule has 1 heterocycles. The molecule has 18 heavy (non-hydrogen) atoms. The maximum absolute atomic E-state index is 12.9. The van der Waals surface area contributed by atoms with E-state index < -0.39 is 0 Å². The Bertz CT molecular complexity index is 666. The Kier molecular flexibility index (Phi) is 3.24. The molecule has 0 unspecified atom stereocenters. The average molecular weight is 242 g/mol. The fourth-order valence-electron chi connectivity index (χ4n) is 1.77. The lowest BCUT2D eigenvalue weighted by Gasteiger charge is -2.11. The highest BCUT2D eigenvalue weighted by molar-refractivity contribution is 5.36. The van der Waals surface area contributed by atoms with E-state index in [0.29, 0.717) is 5.56 Å². The van der Waals surface area contributed by atoms with Gasteiger partial charge < -0.3 is 4.57 Å². The summed E-state index contributed by atoms with van der Waals surface area (Å²) in [6, 6.07) is 9.41. The minimum atomic E-state index is -0.310. The van der Waals surface area contributed by atoms with Crippen molar-refractivity contribution in [2.45, 2.75) is 13.3 Å². The number of nitrogens with zero attached hydrogens (tertiary/aromatic N) is 2. The first kappa shape index (κ1) is 12.1. The van der Waals surface area contributed by atoms with Crippen LogP contribution in [0.1, 0.15) is 11.3 Å². The molecule has 0 amide bonds. The Morgan fingerprint density at radius 3 is 2.61 bits per heavy atom. The maximum atomic E-state index is 12.9. The zero-order valence-corrected chi connectivity index (χ0v) is 9.85. The van der Waals surface area contributed by atoms with Crippen LogP contribution in [0.15, 0.2) is 41.3 Å². The van der Waals surface area contributed by atoms with E-state index in [1.807, 2.05) is 6.07 Å². The van der Waals surface area contributed by atoms with Crippen LogP contribution in [-0.2, 0) is 6.42 Å². The van der Waals surface area contributed by atoms with Crippen LogP contribution >= 0.6 is 0 Å². The van der Waals surface area contributed by atoms with Gasteiger partial charge in [-0.2, -0.15) is 5.26 Å². The van der Waals surface area contributed by atoms with E-state index >= 15 is 0 Å². The highest BCUT2D eigenvalue weighted by Crippen LogP contribution is 2.12. The van der Waals surface area contributed by atoms with Crippen molar-refractivity contribution < 1.29 is 4.39 Å².